The van der Waals surface area contributed by atoms with Gasteiger partial charge in [-0.1, -0.05) is 23.2 Å². The molecule has 2 rings (SSSR count). The maximum atomic E-state index is 6.13. The molecule has 1 unspecified atom stereocenters. The average molecular weight is 304 g/mol. The molecule has 1 aliphatic rings. The van der Waals surface area contributed by atoms with E-state index in [-0.39, 0.29) is 0 Å². The van der Waals surface area contributed by atoms with Crippen molar-refractivity contribution in [1.82, 2.24) is 4.98 Å². The van der Waals surface area contributed by atoms with E-state index in [1.807, 2.05) is 6.92 Å². The van der Waals surface area contributed by atoms with Crippen LogP contribution in [-0.4, -0.2) is 30.8 Å². The third-order valence-electron chi connectivity index (χ3n) is 3.06. The zero-order valence-electron chi connectivity index (χ0n) is 11.0. The van der Waals surface area contributed by atoms with Crippen molar-refractivity contribution >= 4 is 34.8 Å². The van der Waals surface area contributed by atoms with Crippen molar-refractivity contribution in [2.45, 2.75) is 32.3 Å². The lowest BCUT2D eigenvalue weighted by atomic mass is 10.2. The van der Waals surface area contributed by atoms with Gasteiger partial charge in [-0.25, -0.2) is 4.98 Å². The summed E-state index contributed by atoms with van der Waals surface area (Å²) in [5.41, 5.74) is 0. The van der Waals surface area contributed by atoms with Crippen LogP contribution in [0, 0.1) is 0 Å². The van der Waals surface area contributed by atoms with Gasteiger partial charge in [0, 0.05) is 19.7 Å². The molecular formula is C13H19Cl2N3O. The molecule has 4 nitrogen and oxygen atoms in total. The third kappa shape index (κ3) is 4.13. The van der Waals surface area contributed by atoms with Gasteiger partial charge in [0.2, 0.25) is 0 Å². The zero-order chi connectivity index (χ0) is 13.7. The summed E-state index contributed by atoms with van der Waals surface area (Å²) >= 11 is 12.2. The van der Waals surface area contributed by atoms with E-state index < -0.39 is 0 Å². The number of halogens is 2. The molecule has 1 aliphatic heterocycles. The number of nitrogens with one attached hydrogen (secondary N) is 2. The second kappa shape index (κ2) is 7.17. The zero-order valence-corrected chi connectivity index (χ0v) is 12.5. The van der Waals surface area contributed by atoms with Gasteiger partial charge in [0.15, 0.2) is 0 Å². The lowest BCUT2D eigenvalue weighted by Crippen LogP contribution is -2.13. The number of hydrogen-bond donors (Lipinski definition) is 2. The summed E-state index contributed by atoms with van der Waals surface area (Å²) < 4.78 is 5.58. The lowest BCUT2D eigenvalue weighted by Gasteiger charge is -2.13. The first-order valence-corrected chi connectivity index (χ1v) is 7.41. The number of ether oxygens (including phenoxy) is 1. The van der Waals surface area contributed by atoms with Crippen LogP contribution in [0.15, 0.2) is 6.07 Å². The Morgan fingerprint density at radius 2 is 2.05 bits per heavy atom. The Bertz CT molecular complexity index is 423. The molecule has 6 heteroatoms. The van der Waals surface area contributed by atoms with Gasteiger partial charge in [-0.3, -0.25) is 0 Å². The first kappa shape index (κ1) is 14.7. The van der Waals surface area contributed by atoms with E-state index >= 15 is 0 Å². The summed E-state index contributed by atoms with van der Waals surface area (Å²) in [5, 5.41) is 7.43. The second-order valence-electron chi connectivity index (χ2n) is 4.53. The summed E-state index contributed by atoms with van der Waals surface area (Å²) in [6.45, 7) is 4.45. The van der Waals surface area contributed by atoms with Gasteiger partial charge in [-0.05, 0) is 32.3 Å². The maximum absolute atomic E-state index is 6.13. The van der Waals surface area contributed by atoms with Crippen molar-refractivity contribution in [3.8, 4) is 0 Å². The molecule has 1 atom stereocenters. The van der Waals surface area contributed by atoms with Gasteiger partial charge < -0.3 is 15.4 Å². The molecule has 2 N–H and O–H groups in total. The molecule has 2 heterocycles. The molecule has 1 aromatic heterocycles. The van der Waals surface area contributed by atoms with E-state index in [9.17, 15) is 0 Å². The molecule has 19 heavy (non-hydrogen) atoms. The fraction of sp³-hybridized carbons (Fsp3) is 0.615. The van der Waals surface area contributed by atoms with Gasteiger partial charge in [-0.2, -0.15) is 0 Å². The highest BCUT2D eigenvalue weighted by Crippen LogP contribution is 2.29. The minimum absolute atomic E-state index is 0.367. The van der Waals surface area contributed by atoms with Gasteiger partial charge in [0.25, 0.3) is 0 Å². The van der Waals surface area contributed by atoms with Crippen molar-refractivity contribution in [3.63, 3.8) is 0 Å². The highest BCUT2D eigenvalue weighted by Gasteiger charge is 2.15. The van der Waals surface area contributed by atoms with Crippen LogP contribution in [0.1, 0.15) is 26.2 Å². The number of nitrogens with zero attached hydrogens (tertiary/aromatic N) is 1. The van der Waals surface area contributed by atoms with Crippen LogP contribution in [0.25, 0.3) is 0 Å². The number of aromatic nitrogens is 1. The predicted octanol–water partition coefficient (Wildman–Crippen LogP) is 3.80. The predicted molar refractivity (Wildman–Crippen MR) is 80.5 cm³/mol. The van der Waals surface area contributed by atoms with Crippen LogP contribution in [0.5, 0.6) is 0 Å². The van der Waals surface area contributed by atoms with Gasteiger partial charge >= 0.3 is 0 Å². The average Bonchev–Trinajstić information content (AvgIpc) is 2.88. The first-order chi connectivity index (χ1) is 9.20. The molecule has 0 radical (unpaired) electrons. The largest absolute Gasteiger partial charge is 0.378 e. The number of anilines is 2. The molecule has 1 fully saturated rings. The molecule has 0 aliphatic carbocycles. The van der Waals surface area contributed by atoms with Crippen LogP contribution >= 0.6 is 23.2 Å². The van der Waals surface area contributed by atoms with Crippen LogP contribution in [0.2, 0.25) is 10.0 Å². The van der Waals surface area contributed by atoms with E-state index in [1.165, 1.54) is 0 Å². The molecule has 0 bridgehead atoms. The van der Waals surface area contributed by atoms with E-state index in [4.69, 9.17) is 27.9 Å². The smallest absolute Gasteiger partial charge is 0.147 e. The SMILES string of the molecule is CCNc1nc(NCCC2CCCO2)c(Cl)cc1Cl. The van der Waals surface area contributed by atoms with Gasteiger partial charge in [-0.15, -0.1) is 0 Å². The van der Waals surface area contributed by atoms with Crippen molar-refractivity contribution in [3.05, 3.63) is 16.1 Å². The molecule has 0 amide bonds. The van der Waals surface area contributed by atoms with E-state index in [2.05, 4.69) is 15.6 Å². The summed E-state index contributed by atoms with van der Waals surface area (Å²) in [6.07, 6.45) is 3.64. The first-order valence-electron chi connectivity index (χ1n) is 6.66. The Balaban J connectivity index is 1.92. The van der Waals surface area contributed by atoms with Crippen molar-refractivity contribution in [2.75, 3.05) is 30.3 Å². The third-order valence-corrected chi connectivity index (χ3v) is 3.63. The fourth-order valence-electron chi connectivity index (χ4n) is 2.11. The minimum Gasteiger partial charge on any atom is -0.378 e. The second-order valence-corrected chi connectivity index (χ2v) is 5.34. The maximum Gasteiger partial charge on any atom is 0.147 e. The van der Waals surface area contributed by atoms with Crippen LogP contribution in [0.3, 0.4) is 0 Å². The topological polar surface area (TPSA) is 46.2 Å². The van der Waals surface area contributed by atoms with Gasteiger partial charge in [0.1, 0.15) is 11.6 Å². The molecule has 106 valence electrons. The molecule has 0 saturated carbocycles. The molecule has 0 aromatic carbocycles. The highest BCUT2D eigenvalue weighted by atomic mass is 35.5. The highest BCUT2D eigenvalue weighted by molar-refractivity contribution is 6.37. The summed E-state index contributed by atoms with van der Waals surface area (Å²) in [6, 6.07) is 1.71. The standard InChI is InChI=1S/C13H19Cl2N3O/c1-2-16-12-10(14)8-11(15)13(18-12)17-6-5-9-4-3-7-19-9/h8-9H,2-7H2,1H3,(H2,16,17,18). The Labute approximate surface area is 123 Å². The fourth-order valence-corrected chi connectivity index (χ4v) is 2.60. The molecule has 0 spiro atoms. The van der Waals surface area contributed by atoms with Crippen LogP contribution < -0.4 is 10.6 Å². The summed E-state index contributed by atoms with van der Waals surface area (Å²) in [4.78, 5) is 4.40. The molecule has 1 saturated heterocycles. The number of hydrogen-bond acceptors (Lipinski definition) is 4. The number of rotatable bonds is 6. The van der Waals surface area contributed by atoms with Crippen LogP contribution in [0.4, 0.5) is 11.6 Å². The Morgan fingerprint density at radius 3 is 2.68 bits per heavy atom. The van der Waals surface area contributed by atoms with Crippen molar-refractivity contribution in [1.29, 1.82) is 0 Å². The minimum atomic E-state index is 0.367. The van der Waals surface area contributed by atoms with Crippen molar-refractivity contribution in [2.24, 2.45) is 0 Å². The molecule has 1 aromatic rings. The lowest BCUT2D eigenvalue weighted by molar-refractivity contribution is 0.107. The van der Waals surface area contributed by atoms with E-state index in [0.717, 1.165) is 39.0 Å². The van der Waals surface area contributed by atoms with E-state index in [1.54, 1.807) is 6.07 Å². The van der Waals surface area contributed by atoms with Crippen LogP contribution in [-0.2, 0) is 4.74 Å². The monoisotopic (exact) mass is 303 g/mol. The summed E-state index contributed by atoms with van der Waals surface area (Å²) in [7, 11) is 0. The quantitative estimate of drug-likeness (QED) is 0.839. The Kier molecular flexibility index (Phi) is 5.55. The molecular weight excluding hydrogens is 285 g/mol. The Morgan fingerprint density at radius 1 is 1.32 bits per heavy atom. The van der Waals surface area contributed by atoms with E-state index in [0.29, 0.717) is 27.8 Å². The summed E-state index contributed by atoms with van der Waals surface area (Å²) in [5.74, 6) is 1.33. The van der Waals surface area contributed by atoms with Gasteiger partial charge in [0.05, 0.1) is 16.1 Å². The Hall–Kier alpha value is -0.710. The normalized spacial score (nSPS) is 18.6. The van der Waals surface area contributed by atoms with Crippen molar-refractivity contribution < 1.29 is 4.74 Å². The number of pyridine rings is 1.